The summed E-state index contributed by atoms with van der Waals surface area (Å²) in [5.74, 6) is -3.42. The summed E-state index contributed by atoms with van der Waals surface area (Å²) >= 11 is 0.855. The Labute approximate surface area is 217 Å². The third-order valence-electron chi connectivity index (χ3n) is 6.45. The smallest absolute Gasteiger partial charge is 0.348 e. The number of nitrogens with zero attached hydrogens (tertiary/aromatic N) is 2. The molecule has 5 rings (SSSR count). The van der Waals surface area contributed by atoms with Crippen molar-refractivity contribution in [2.45, 2.75) is 26.0 Å². The summed E-state index contributed by atoms with van der Waals surface area (Å²) in [6, 6.07) is 18.0. The number of rotatable bonds is 6. The monoisotopic (exact) mass is 520 g/mol. The maximum absolute atomic E-state index is 14.0. The summed E-state index contributed by atoms with van der Waals surface area (Å²) in [5, 5.41) is 1.63. The van der Waals surface area contributed by atoms with Crippen LogP contribution in [-0.4, -0.2) is 43.6 Å². The van der Waals surface area contributed by atoms with Gasteiger partial charge in [-0.05, 0) is 37.1 Å². The number of anilines is 2. The van der Waals surface area contributed by atoms with Crippen molar-refractivity contribution in [2.75, 3.05) is 23.7 Å². The molecule has 1 aromatic heterocycles. The molecule has 3 atom stereocenters. The number of imide groups is 1. The van der Waals surface area contributed by atoms with E-state index in [1.54, 1.807) is 18.9 Å². The summed E-state index contributed by atoms with van der Waals surface area (Å²) in [6.07, 6.45) is -1.11. The molecule has 0 bridgehead atoms. The Bertz CT molecular complexity index is 1370. The van der Waals surface area contributed by atoms with Crippen molar-refractivity contribution in [3.05, 3.63) is 82.2 Å². The van der Waals surface area contributed by atoms with Gasteiger partial charge >= 0.3 is 11.9 Å². The van der Waals surface area contributed by atoms with Gasteiger partial charge in [0.2, 0.25) is 5.91 Å². The van der Waals surface area contributed by atoms with Crippen LogP contribution >= 0.6 is 11.3 Å². The molecule has 3 heterocycles. The zero-order valence-corrected chi connectivity index (χ0v) is 21.2. The lowest BCUT2D eigenvalue weighted by Crippen LogP contribution is -2.37. The normalized spacial score (nSPS) is 20.8. The van der Waals surface area contributed by atoms with E-state index in [2.05, 4.69) is 0 Å². The van der Waals surface area contributed by atoms with Gasteiger partial charge in [0.05, 0.1) is 31.0 Å². The number of thiophene rings is 1. The van der Waals surface area contributed by atoms with E-state index in [0.29, 0.717) is 5.69 Å². The lowest BCUT2D eigenvalue weighted by molar-refractivity contribution is -0.126. The summed E-state index contributed by atoms with van der Waals surface area (Å²) < 4.78 is 10.0. The number of fused-ring (bicyclic) bond motifs is 1. The minimum atomic E-state index is -1.11. The minimum absolute atomic E-state index is 0.0200. The van der Waals surface area contributed by atoms with Crippen molar-refractivity contribution in [1.82, 2.24) is 0 Å². The fraction of sp³-hybridized carbons (Fsp3) is 0.259. The molecule has 10 heteroatoms. The lowest BCUT2D eigenvalue weighted by atomic mass is 9.90. The van der Waals surface area contributed by atoms with Crippen LogP contribution in [-0.2, 0) is 23.9 Å². The molecule has 9 nitrogen and oxygen atoms in total. The van der Waals surface area contributed by atoms with Crippen LogP contribution in [0.3, 0.4) is 0 Å². The van der Waals surface area contributed by atoms with Crippen LogP contribution in [0.2, 0.25) is 0 Å². The van der Waals surface area contributed by atoms with Crippen LogP contribution in [0.4, 0.5) is 10.7 Å². The standard InChI is InChI=1S/C27H24N2O7S/c1-4-35-27(33)22-15(2)18(26(32)34-3)25(37-22)28-23(30)19-20(16-11-7-5-8-12-16)29(36-21(19)24(28)31)17-13-9-6-10-14-17/h5-14,19-21H,4H2,1-3H3/t19-,20-,21-/m1/s1. The van der Waals surface area contributed by atoms with Gasteiger partial charge in [0.25, 0.3) is 5.91 Å². The number of hydrogen-bond donors (Lipinski definition) is 0. The second-order valence-corrected chi connectivity index (χ2v) is 9.53. The molecule has 0 radical (unpaired) electrons. The molecule has 37 heavy (non-hydrogen) atoms. The molecule has 2 fully saturated rings. The van der Waals surface area contributed by atoms with Gasteiger partial charge in [0.1, 0.15) is 15.8 Å². The van der Waals surface area contributed by atoms with Crippen molar-refractivity contribution in [3.63, 3.8) is 0 Å². The average Bonchev–Trinajstić information content (AvgIpc) is 3.55. The van der Waals surface area contributed by atoms with Crippen LogP contribution in [0.5, 0.6) is 0 Å². The summed E-state index contributed by atoms with van der Waals surface area (Å²) in [5.41, 5.74) is 1.76. The fourth-order valence-corrected chi connectivity index (χ4v) is 5.99. The molecule has 0 unspecified atom stereocenters. The molecule has 3 aromatic rings. The molecule has 2 aliphatic heterocycles. The van der Waals surface area contributed by atoms with Gasteiger partial charge < -0.3 is 9.47 Å². The van der Waals surface area contributed by atoms with E-state index < -0.39 is 41.8 Å². The van der Waals surface area contributed by atoms with Gasteiger partial charge in [-0.25, -0.2) is 19.6 Å². The fourth-order valence-electron chi connectivity index (χ4n) is 4.79. The Morgan fingerprint density at radius 2 is 1.62 bits per heavy atom. The quantitative estimate of drug-likeness (QED) is 0.354. The topological polar surface area (TPSA) is 102 Å². The number of methoxy groups -OCH3 is 1. The van der Waals surface area contributed by atoms with E-state index in [0.717, 1.165) is 21.8 Å². The maximum atomic E-state index is 14.0. The van der Waals surface area contributed by atoms with E-state index in [9.17, 15) is 19.2 Å². The van der Waals surface area contributed by atoms with E-state index >= 15 is 0 Å². The maximum Gasteiger partial charge on any atom is 0.348 e. The van der Waals surface area contributed by atoms with Crippen LogP contribution in [0.15, 0.2) is 60.7 Å². The first-order chi connectivity index (χ1) is 17.9. The minimum Gasteiger partial charge on any atom is -0.465 e. The summed E-state index contributed by atoms with van der Waals surface area (Å²) in [7, 11) is 1.20. The number of esters is 2. The van der Waals surface area contributed by atoms with Crippen LogP contribution in [0.1, 0.15) is 44.1 Å². The van der Waals surface area contributed by atoms with E-state index in [4.69, 9.17) is 14.3 Å². The number of benzene rings is 2. The number of ether oxygens (including phenoxy) is 2. The van der Waals surface area contributed by atoms with E-state index in [-0.39, 0.29) is 27.6 Å². The first-order valence-corrected chi connectivity index (χ1v) is 12.5. The summed E-state index contributed by atoms with van der Waals surface area (Å²) in [4.78, 5) is 60.2. The Balaban J connectivity index is 1.60. The molecule has 2 amide bonds. The van der Waals surface area contributed by atoms with Crippen LogP contribution in [0, 0.1) is 12.8 Å². The highest BCUT2D eigenvalue weighted by Gasteiger charge is 2.61. The van der Waals surface area contributed by atoms with Gasteiger partial charge in [-0.1, -0.05) is 48.5 Å². The van der Waals surface area contributed by atoms with Crippen molar-refractivity contribution in [2.24, 2.45) is 5.92 Å². The number of para-hydroxylation sites is 1. The highest BCUT2D eigenvalue weighted by atomic mass is 32.1. The van der Waals surface area contributed by atoms with Crippen molar-refractivity contribution < 1.29 is 33.5 Å². The predicted molar refractivity (Wildman–Crippen MR) is 135 cm³/mol. The molecule has 0 spiro atoms. The molecule has 0 N–H and O–H groups in total. The van der Waals surface area contributed by atoms with Crippen molar-refractivity contribution in [3.8, 4) is 0 Å². The Hall–Kier alpha value is -4.02. The largest absolute Gasteiger partial charge is 0.465 e. The third-order valence-corrected chi connectivity index (χ3v) is 7.71. The van der Waals surface area contributed by atoms with Gasteiger partial charge in [-0.3, -0.25) is 14.4 Å². The highest BCUT2D eigenvalue weighted by molar-refractivity contribution is 7.19. The second-order valence-electron chi connectivity index (χ2n) is 8.53. The van der Waals surface area contributed by atoms with Crippen LogP contribution in [0.25, 0.3) is 0 Å². The lowest BCUT2D eigenvalue weighted by Gasteiger charge is -2.28. The number of hydrogen-bond acceptors (Lipinski definition) is 9. The van der Waals surface area contributed by atoms with Gasteiger partial charge in [-0.15, -0.1) is 11.3 Å². The summed E-state index contributed by atoms with van der Waals surface area (Å²) in [6.45, 7) is 3.36. The molecule has 2 saturated heterocycles. The zero-order valence-electron chi connectivity index (χ0n) is 20.4. The van der Waals surface area contributed by atoms with Crippen molar-refractivity contribution in [1.29, 1.82) is 0 Å². The van der Waals surface area contributed by atoms with E-state index in [1.807, 2.05) is 60.7 Å². The van der Waals surface area contributed by atoms with Gasteiger partial charge in [-0.2, -0.15) is 0 Å². The van der Waals surface area contributed by atoms with Crippen LogP contribution < -0.4 is 9.96 Å². The zero-order chi connectivity index (χ0) is 26.3. The number of carbonyl (C=O) groups excluding carboxylic acids is 4. The highest BCUT2D eigenvalue weighted by Crippen LogP contribution is 2.49. The molecule has 0 aliphatic carbocycles. The molecule has 2 aliphatic rings. The second kappa shape index (κ2) is 9.79. The number of hydroxylamine groups is 1. The molecular formula is C27H24N2O7S. The first-order valence-electron chi connectivity index (χ1n) is 11.7. The van der Waals surface area contributed by atoms with Gasteiger partial charge in [0.15, 0.2) is 6.10 Å². The average molecular weight is 521 g/mol. The molecule has 190 valence electrons. The third kappa shape index (κ3) is 3.98. The first kappa shape index (κ1) is 24.7. The predicted octanol–water partition coefficient (Wildman–Crippen LogP) is 4.07. The van der Waals surface area contributed by atoms with Crippen molar-refractivity contribution >= 4 is 45.8 Å². The Morgan fingerprint density at radius 1 is 0.973 bits per heavy atom. The molecule has 0 saturated carbocycles. The van der Waals surface area contributed by atoms with Gasteiger partial charge in [0, 0.05) is 0 Å². The molecule has 2 aromatic carbocycles. The Kier molecular flexibility index (Phi) is 6.53. The SMILES string of the molecule is CCOC(=O)c1sc(N2C(=O)[C@@H]3[C@@H](c4ccccc4)N(c4ccccc4)O[C@H]3C2=O)c(C(=O)OC)c1C. The van der Waals surface area contributed by atoms with E-state index in [1.165, 1.54) is 7.11 Å². The Morgan fingerprint density at radius 3 is 2.24 bits per heavy atom. The molecular weight excluding hydrogens is 496 g/mol. The number of carbonyl (C=O) groups is 4. The number of amides is 2.